The van der Waals surface area contributed by atoms with Gasteiger partial charge >= 0.3 is 0 Å². The summed E-state index contributed by atoms with van der Waals surface area (Å²) in [5.74, 6) is 0.964. The molecule has 0 bridgehead atoms. The van der Waals surface area contributed by atoms with Crippen LogP contribution in [-0.2, 0) is 9.53 Å². The highest BCUT2D eigenvalue weighted by molar-refractivity contribution is 5.81. The van der Waals surface area contributed by atoms with E-state index in [0.717, 1.165) is 39.1 Å². The molecule has 1 aliphatic carbocycles. The standard InChI is InChI=1S/C14H24N2O2/c17-14(13-2-1-9-18-13)16(12-3-4-12)10-11-5-7-15-8-6-11/h11-13,15H,1-10H2. The van der Waals surface area contributed by atoms with Gasteiger partial charge < -0.3 is 15.0 Å². The molecular weight excluding hydrogens is 228 g/mol. The summed E-state index contributed by atoms with van der Waals surface area (Å²) in [6, 6.07) is 0.525. The number of carbonyl (C=O) groups excluding carboxylic acids is 1. The first-order valence-electron chi connectivity index (χ1n) is 7.47. The van der Waals surface area contributed by atoms with Crippen molar-refractivity contribution in [1.82, 2.24) is 10.2 Å². The van der Waals surface area contributed by atoms with Crippen molar-refractivity contribution in [2.45, 2.75) is 50.7 Å². The van der Waals surface area contributed by atoms with Crippen LogP contribution in [0.5, 0.6) is 0 Å². The van der Waals surface area contributed by atoms with Crippen molar-refractivity contribution in [1.29, 1.82) is 0 Å². The first-order chi connectivity index (χ1) is 8.84. The topological polar surface area (TPSA) is 41.6 Å². The predicted molar refractivity (Wildman–Crippen MR) is 69.3 cm³/mol. The lowest BCUT2D eigenvalue weighted by atomic mass is 9.97. The van der Waals surface area contributed by atoms with E-state index >= 15 is 0 Å². The van der Waals surface area contributed by atoms with Crippen LogP contribution in [0.15, 0.2) is 0 Å². The third-order valence-electron chi connectivity index (χ3n) is 4.39. The summed E-state index contributed by atoms with van der Waals surface area (Å²) in [6.07, 6.45) is 6.65. The van der Waals surface area contributed by atoms with Crippen LogP contribution in [0.3, 0.4) is 0 Å². The van der Waals surface area contributed by atoms with Gasteiger partial charge in [0.2, 0.25) is 0 Å². The lowest BCUT2D eigenvalue weighted by molar-refractivity contribution is -0.142. The van der Waals surface area contributed by atoms with Crippen molar-refractivity contribution in [3.63, 3.8) is 0 Å². The monoisotopic (exact) mass is 252 g/mol. The highest BCUT2D eigenvalue weighted by Crippen LogP contribution is 2.31. The van der Waals surface area contributed by atoms with Crippen LogP contribution in [0, 0.1) is 5.92 Å². The van der Waals surface area contributed by atoms with Crippen molar-refractivity contribution in [2.75, 3.05) is 26.2 Å². The number of amides is 1. The summed E-state index contributed by atoms with van der Waals surface area (Å²) in [6.45, 7) is 3.95. The van der Waals surface area contributed by atoms with Crippen LogP contribution in [0.2, 0.25) is 0 Å². The van der Waals surface area contributed by atoms with Crippen LogP contribution in [0.4, 0.5) is 0 Å². The number of nitrogens with zero attached hydrogens (tertiary/aromatic N) is 1. The summed E-state index contributed by atoms with van der Waals surface area (Å²) in [5.41, 5.74) is 0. The van der Waals surface area contributed by atoms with E-state index in [0.29, 0.717) is 12.0 Å². The molecular formula is C14H24N2O2. The summed E-state index contributed by atoms with van der Waals surface area (Å²) in [4.78, 5) is 14.6. The SMILES string of the molecule is O=C(C1CCCO1)N(CC1CCNCC1)C1CC1. The van der Waals surface area contributed by atoms with Crippen LogP contribution in [0.25, 0.3) is 0 Å². The summed E-state index contributed by atoms with van der Waals surface area (Å²) in [5, 5.41) is 3.39. The van der Waals surface area contributed by atoms with E-state index in [1.54, 1.807) is 0 Å². The van der Waals surface area contributed by atoms with Gasteiger partial charge in [0.1, 0.15) is 6.10 Å². The molecule has 0 spiro atoms. The molecule has 1 saturated carbocycles. The van der Waals surface area contributed by atoms with E-state index in [2.05, 4.69) is 10.2 Å². The van der Waals surface area contributed by atoms with Gasteiger partial charge in [-0.1, -0.05) is 0 Å². The second-order valence-corrected chi connectivity index (χ2v) is 5.92. The molecule has 1 N–H and O–H groups in total. The zero-order chi connectivity index (χ0) is 12.4. The van der Waals surface area contributed by atoms with Crippen molar-refractivity contribution >= 4 is 5.91 Å². The molecule has 0 radical (unpaired) electrons. The normalized spacial score (nSPS) is 29.4. The van der Waals surface area contributed by atoms with Crippen LogP contribution >= 0.6 is 0 Å². The van der Waals surface area contributed by atoms with Crippen LogP contribution < -0.4 is 5.32 Å². The van der Waals surface area contributed by atoms with E-state index in [1.807, 2.05) is 0 Å². The largest absolute Gasteiger partial charge is 0.368 e. The number of piperidine rings is 1. The van der Waals surface area contributed by atoms with Crippen molar-refractivity contribution in [3.8, 4) is 0 Å². The van der Waals surface area contributed by atoms with Gasteiger partial charge in [-0.2, -0.15) is 0 Å². The lowest BCUT2D eigenvalue weighted by Gasteiger charge is -2.31. The fourth-order valence-corrected chi connectivity index (χ4v) is 3.11. The Hall–Kier alpha value is -0.610. The van der Waals surface area contributed by atoms with Gasteiger partial charge in [-0.05, 0) is 57.5 Å². The Morgan fingerprint density at radius 3 is 2.56 bits per heavy atom. The number of carbonyl (C=O) groups is 1. The molecule has 2 heterocycles. The van der Waals surface area contributed by atoms with Crippen LogP contribution in [0.1, 0.15) is 38.5 Å². The quantitative estimate of drug-likeness (QED) is 0.816. The second kappa shape index (κ2) is 5.57. The molecule has 4 nitrogen and oxygen atoms in total. The average Bonchev–Trinajstić information content (AvgIpc) is 3.10. The molecule has 2 saturated heterocycles. The third kappa shape index (κ3) is 2.86. The first-order valence-corrected chi connectivity index (χ1v) is 7.47. The van der Waals surface area contributed by atoms with Crippen molar-refractivity contribution in [3.05, 3.63) is 0 Å². The van der Waals surface area contributed by atoms with Crippen molar-refractivity contribution in [2.24, 2.45) is 5.92 Å². The minimum absolute atomic E-state index is 0.132. The Balaban J connectivity index is 1.58. The molecule has 4 heteroatoms. The van der Waals surface area contributed by atoms with Gasteiger partial charge in [-0.3, -0.25) is 4.79 Å². The molecule has 1 unspecified atom stereocenters. The van der Waals surface area contributed by atoms with Gasteiger partial charge in [-0.15, -0.1) is 0 Å². The van der Waals surface area contributed by atoms with E-state index in [9.17, 15) is 4.79 Å². The summed E-state index contributed by atoms with van der Waals surface area (Å²) < 4.78 is 5.56. The number of ether oxygens (including phenoxy) is 1. The smallest absolute Gasteiger partial charge is 0.251 e. The van der Waals surface area contributed by atoms with Gasteiger partial charge in [0, 0.05) is 19.2 Å². The maximum absolute atomic E-state index is 12.5. The van der Waals surface area contributed by atoms with E-state index in [1.165, 1.54) is 25.7 Å². The molecule has 3 fully saturated rings. The van der Waals surface area contributed by atoms with Gasteiger partial charge in [0.15, 0.2) is 0 Å². The lowest BCUT2D eigenvalue weighted by Crippen LogP contribution is -2.44. The first kappa shape index (κ1) is 12.4. The summed E-state index contributed by atoms with van der Waals surface area (Å²) >= 11 is 0. The second-order valence-electron chi connectivity index (χ2n) is 5.92. The average molecular weight is 252 g/mol. The molecule has 102 valence electrons. The minimum Gasteiger partial charge on any atom is -0.368 e. The maximum Gasteiger partial charge on any atom is 0.251 e. The highest BCUT2D eigenvalue weighted by Gasteiger charge is 2.38. The molecule has 3 aliphatic rings. The van der Waals surface area contributed by atoms with E-state index < -0.39 is 0 Å². The number of rotatable bonds is 4. The Kier molecular flexibility index (Phi) is 3.85. The Morgan fingerprint density at radius 1 is 1.17 bits per heavy atom. The van der Waals surface area contributed by atoms with E-state index in [4.69, 9.17) is 4.74 Å². The predicted octanol–water partition coefficient (Wildman–Crippen LogP) is 1.16. The maximum atomic E-state index is 12.5. The minimum atomic E-state index is -0.132. The fourth-order valence-electron chi connectivity index (χ4n) is 3.11. The van der Waals surface area contributed by atoms with Crippen LogP contribution in [-0.4, -0.2) is 49.2 Å². The molecule has 1 amide bonds. The van der Waals surface area contributed by atoms with Gasteiger partial charge in [-0.25, -0.2) is 0 Å². The fraction of sp³-hybridized carbons (Fsp3) is 0.929. The van der Waals surface area contributed by atoms with Crippen molar-refractivity contribution < 1.29 is 9.53 Å². The van der Waals surface area contributed by atoms with E-state index in [-0.39, 0.29) is 12.0 Å². The number of nitrogens with one attached hydrogen (secondary N) is 1. The molecule has 2 aliphatic heterocycles. The molecule has 0 aromatic carbocycles. The summed E-state index contributed by atoms with van der Waals surface area (Å²) in [7, 11) is 0. The molecule has 18 heavy (non-hydrogen) atoms. The zero-order valence-corrected chi connectivity index (χ0v) is 11.1. The highest BCUT2D eigenvalue weighted by atomic mass is 16.5. The zero-order valence-electron chi connectivity index (χ0n) is 11.1. The molecule has 0 aromatic heterocycles. The van der Waals surface area contributed by atoms with Gasteiger partial charge in [0.05, 0.1) is 0 Å². The Bertz CT molecular complexity index is 292. The molecule has 1 atom stereocenters. The number of hydrogen-bond acceptors (Lipinski definition) is 3. The number of hydrogen-bond donors (Lipinski definition) is 1. The molecule has 0 aromatic rings. The molecule has 3 rings (SSSR count). The Morgan fingerprint density at radius 2 is 1.94 bits per heavy atom. The third-order valence-corrected chi connectivity index (χ3v) is 4.39. The Labute approximate surface area is 109 Å². The van der Waals surface area contributed by atoms with Gasteiger partial charge in [0.25, 0.3) is 5.91 Å².